The van der Waals surface area contributed by atoms with Crippen molar-refractivity contribution in [2.75, 3.05) is 5.88 Å². The molecule has 1 aliphatic heterocycles. The molecule has 0 fully saturated rings. The third-order valence-electron chi connectivity index (χ3n) is 5.02. The molecule has 1 aliphatic rings. The molecular weight excluding hydrogens is 434 g/mol. The van der Waals surface area contributed by atoms with Gasteiger partial charge in [0.15, 0.2) is 11.0 Å². The Hall–Kier alpha value is -3.85. The van der Waals surface area contributed by atoms with Gasteiger partial charge in [0, 0.05) is 11.6 Å². The van der Waals surface area contributed by atoms with Gasteiger partial charge in [0.05, 0.1) is 22.7 Å². The van der Waals surface area contributed by atoms with E-state index in [0.29, 0.717) is 22.5 Å². The molecule has 0 bridgehead atoms. The van der Waals surface area contributed by atoms with E-state index in [1.807, 2.05) is 6.07 Å². The molecule has 0 spiro atoms. The SMILES string of the molecule is O=C1c2ccccc2C(=O)N1CSc1nnc(-c2ccccc2)n1-c1ccc(F)cc1F. The number of rotatable bonds is 5. The third-order valence-corrected chi connectivity index (χ3v) is 5.93. The van der Waals surface area contributed by atoms with Gasteiger partial charge in [0.25, 0.3) is 11.8 Å². The number of hydrogen-bond acceptors (Lipinski definition) is 5. The molecule has 2 heterocycles. The van der Waals surface area contributed by atoms with Crippen molar-refractivity contribution in [3.05, 3.63) is 95.6 Å². The molecule has 0 atom stereocenters. The van der Waals surface area contributed by atoms with Crippen LogP contribution in [0.1, 0.15) is 20.7 Å². The van der Waals surface area contributed by atoms with Crippen LogP contribution in [0, 0.1) is 11.6 Å². The summed E-state index contributed by atoms with van der Waals surface area (Å²) in [5.41, 5.74) is 1.42. The Bertz CT molecular complexity index is 1320. The Balaban J connectivity index is 1.52. The van der Waals surface area contributed by atoms with Gasteiger partial charge in [-0.1, -0.05) is 54.2 Å². The molecule has 3 aromatic carbocycles. The molecule has 0 saturated heterocycles. The first kappa shape index (κ1) is 20.1. The summed E-state index contributed by atoms with van der Waals surface area (Å²) in [4.78, 5) is 26.4. The van der Waals surface area contributed by atoms with Crippen molar-refractivity contribution in [1.29, 1.82) is 0 Å². The van der Waals surface area contributed by atoms with E-state index in [2.05, 4.69) is 10.2 Å². The van der Waals surface area contributed by atoms with Crippen LogP contribution >= 0.6 is 11.8 Å². The summed E-state index contributed by atoms with van der Waals surface area (Å²) >= 11 is 1.06. The molecule has 0 saturated carbocycles. The van der Waals surface area contributed by atoms with Crippen molar-refractivity contribution in [1.82, 2.24) is 19.7 Å². The first-order chi connectivity index (χ1) is 15.5. The highest BCUT2D eigenvalue weighted by Crippen LogP contribution is 2.31. The molecule has 158 valence electrons. The molecule has 0 unspecified atom stereocenters. The topological polar surface area (TPSA) is 68.1 Å². The van der Waals surface area contributed by atoms with Gasteiger partial charge in [-0.2, -0.15) is 0 Å². The normalized spacial score (nSPS) is 13.0. The van der Waals surface area contributed by atoms with Gasteiger partial charge < -0.3 is 0 Å². The molecule has 0 radical (unpaired) electrons. The van der Waals surface area contributed by atoms with Crippen LogP contribution in [-0.2, 0) is 0 Å². The first-order valence-corrected chi connectivity index (χ1v) is 10.6. The Kier molecular flexibility index (Phi) is 5.02. The maximum atomic E-state index is 14.7. The Labute approximate surface area is 185 Å². The summed E-state index contributed by atoms with van der Waals surface area (Å²) in [6.45, 7) is 0. The zero-order valence-corrected chi connectivity index (χ0v) is 17.2. The fraction of sp³-hybridized carbons (Fsp3) is 0.0435. The van der Waals surface area contributed by atoms with Gasteiger partial charge >= 0.3 is 0 Å². The number of fused-ring (bicyclic) bond motifs is 1. The van der Waals surface area contributed by atoms with E-state index < -0.39 is 23.4 Å². The van der Waals surface area contributed by atoms with Crippen LogP contribution in [0.15, 0.2) is 78.0 Å². The van der Waals surface area contributed by atoms with Crippen LogP contribution in [0.2, 0.25) is 0 Å². The minimum Gasteiger partial charge on any atom is -0.269 e. The quantitative estimate of drug-likeness (QED) is 0.331. The van der Waals surface area contributed by atoms with E-state index >= 15 is 0 Å². The van der Waals surface area contributed by atoms with E-state index in [1.54, 1.807) is 48.5 Å². The van der Waals surface area contributed by atoms with E-state index in [1.165, 1.54) is 10.6 Å². The summed E-state index contributed by atoms with van der Waals surface area (Å²) < 4.78 is 29.7. The summed E-state index contributed by atoms with van der Waals surface area (Å²) in [5, 5.41) is 8.61. The van der Waals surface area contributed by atoms with E-state index in [-0.39, 0.29) is 16.7 Å². The molecule has 2 amide bonds. The van der Waals surface area contributed by atoms with Crippen LogP contribution in [0.5, 0.6) is 0 Å². The molecule has 5 rings (SSSR count). The van der Waals surface area contributed by atoms with Crippen molar-refractivity contribution in [3.63, 3.8) is 0 Å². The Morgan fingerprint density at radius 2 is 1.47 bits per heavy atom. The second kappa shape index (κ2) is 8.01. The lowest BCUT2D eigenvalue weighted by molar-refractivity contribution is 0.0684. The summed E-state index contributed by atoms with van der Waals surface area (Å²) in [5.74, 6) is -1.99. The molecule has 32 heavy (non-hydrogen) atoms. The minimum absolute atomic E-state index is 0.0396. The van der Waals surface area contributed by atoms with Crippen LogP contribution in [0.25, 0.3) is 17.1 Å². The standard InChI is InChI=1S/C23H14F2N4O2S/c24-15-10-11-19(18(25)12-15)29-20(14-6-2-1-3-7-14)26-27-23(29)32-13-28-21(30)16-8-4-5-9-17(16)22(28)31/h1-12H,13H2. The molecular formula is C23H14F2N4O2S. The second-order valence-electron chi connectivity index (χ2n) is 6.96. The van der Waals surface area contributed by atoms with Crippen LogP contribution in [-0.4, -0.2) is 37.4 Å². The van der Waals surface area contributed by atoms with Crippen LogP contribution < -0.4 is 0 Å². The van der Waals surface area contributed by atoms with Gasteiger partial charge in [0.2, 0.25) is 0 Å². The van der Waals surface area contributed by atoms with Crippen molar-refractivity contribution in [2.24, 2.45) is 0 Å². The van der Waals surface area contributed by atoms with Gasteiger partial charge in [-0.25, -0.2) is 8.78 Å². The number of nitrogens with zero attached hydrogens (tertiary/aromatic N) is 4. The van der Waals surface area contributed by atoms with Gasteiger partial charge in [0.1, 0.15) is 11.6 Å². The molecule has 0 N–H and O–H groups in total. The minimum atomic E-state index is -0.787. The second-order valence-corrected chi connectivity index (χ2v) is 7.87. The fourth-order valence-corrected chi connectivity index (χ4v) is 4.39. The van der Waals surface area contributed by atoms with Gasteiger partial charge in [-0.15, -0.1) is 10.2 Å². The molecule has 0 aliphatic carbocycles. The number of carbonyl (C=O) groups excluding carboxylic acids is 2. The highest BCUT2D eigenvalue weighted by atomic mass is 32.2. The highest BCUT2D eigenvalue weighted by Gasteiger charge is 2.35. The Morgan fingerprint density at radius 3 is 2.12 bits per heavy atom. The monoisotopic (exact) mass is 448 g/mol. The molecule has 6 nitrogen and oxygen atoms in total. The smallest absolute Gasteiger partial charge is 0.262 e. The number of amides is 2. The van der Waals surface area contributed by atoms with E-state index in [4.69, 9.17) is 0 Å². The summed E-state index contributed by atoms with van der Waals surface area (Å²) in [6.07, 6.45) is 0. The zero-order valence-electron chi connectivity index (χ0n) is 16.4. The average Bonchev–Trinajstić information content (AvgIpc) is 3.32. The number of halogens is 2. The number of imide groups is 1. The van der Waals surface area contributed by atoms with Crippen LogP contribution in [0.3, 0.4) is 0 Å². The van der Waals surface area contributed by atoms with Crippen LogP contribution in [0.4, 0.5) is 8.78 Å². The third kappa shape index (κ3) is 3.36. The largest absolute Gasteiger partial charge is 0.269 e. The zero-order chi connectivity index (χ0) is 22.2. The number of carbonyl (C=O) groups is 2. The lowest BCUT2D eigenvalue weighted by Gasteiger charge is -2.15. The maximum absolute atomic E-state index is 14.7. The lowest BCUT2D eigenvalue weighted by atomic mass is 10.1. The summed E-state index contributed by atoms with van der Waals surface area (Å²) in [6, 6.07) is 18.8. The van der Waals surface area contributed by atoms with E-state index in [0.717, 1.165) is 28.8 Å². The number of hydrogen-bond donors (Lipinski definition) is 0. The van der Waals surface area contributed by atoms with Crippen molar-refractivity contribution in [3.8, 4) is 17.1 Å². The van der Waals surface area contributed by atoms with Crippen molar-refractivity contribution < 1.29 is 18.4 Å². The first-order valence-electron chi connectivity index (χ1n) is 9.59. The predicted octanol–water partition coefficient (Wildman–Crippen LogP) is 4.56. The molecule has 1 aromatic heterocycles. The fourth-order valence-electron chi connectivity index (χ4n) is 3.50. The molecule has 4 aromatic rings. The summed E-state index contributed by atoms with van der Waals surface area (Å²) in [7, 11) is 0. The van der Waals surface area contributed by atoms with Crippen molar-refractivity contribution in [2.45, 2.75) is 5.16 Å². The maximum Gasteiger partial charge on any atom is 0.262 e. The van der Waals surface area contributed by atoms with Gasteiger partial charge in [-0.3, -0.25) is 19.1 Å². The van der Waals surface area contributed by atoms with Crippen molar-refractivity contribution >= 4 is 23.6 Å². The number of benzene rings is 3. The lowest BCUT2D eigenvalue weighted by Crippen LogP contribution is -2.29. The predicted molar refractivity (Wildman–Crippen MR) is 114 cm³/mol. The Morgan fingerprint density at radius 1 is 0.812 bits per heavy atom. The number of thioether (sulfide) groups is 1. The highest BCUT2D eigenvalue weighted by molar-refractivity contribution is 7.99. The van der Waals surface area contributed by atoms with Gasteiger partial charge in [-0.05, 0) is 24.3 Å². The average molecular weight is 448 g/mol. The molecule has 9 heteroatoms. The van der Waals surface area contributed by atoms with E-state index in [9.17, 15) is 18.4 Å². The number of aromatic nitrogens is 3.